The van der Waals surface area contributed by atoms with Crippen molar-refractivity contribution in [3.8, 4) is 0 Å². The number of aromatic nitrogens is 2. The van der Waals surface area contributed by atoms with Gasteiger partial charge in [-0.25, -0.2) is 9.97 Å². The van der Waals surface area contributed by atoms with Gasteiger partial charge in [-0.1, -0.05) is 37.9 Å². The molecule has 1 rings (SSSR count). The SMILES string of the molecule is CCCCCCNCCSc1nccc(C)n1. The van der Waals surface area contributed by atoms with E-state index in [-0.39, 0.29) is 0 Å². The number of nitrogens with zero attached hydrogens (tertiary/aromatic N) is 2. The Morgan fingerprint density at radius 3 is 2.88 bits per heavy atom. The molecule has 0 saturated carbocycles. The van der Waals surface area contributed by atoms with Crippen molar-refractivity contribution in [2.45, 2.75) is 44.7 Å². The highest BCUT2D eigenvalue weighted by molar-refractivity contribution is 7.99. The van der Waals surface area contributed by atoms with E-state index in [0.29, 0.717) is 0 Å². The lowest BCUT2D eigenvalue weighted by Gasteiger charge is -2.04. The first-order valence-electron chi connectivity index (χ1n) is 6.46. The van der Waals surface area contributed by atoms with Gasteiger partial charge in [0.2, 0.25) is 0 Å². The van der Waals surface area contributed by atoms with E-state index in [1.807, 2.05) is 19.2 Å². The molecule has 1 aromatic rings. The number of rotatable bonds is 9. The highest BCUT2D eigenvalue weighted by Gasteiger charge is 1.97. The van der Waals surface area contributed by atoms with Crippen molar-refractivity contribution >= 4 is 11.8 Å². The molecule has 1 heterocycles. The molecule has 1 aromatic heterocycles. The molecule has 0 amide bonds. The van der Waals surface area contributed by atoms with E-state index >= 15 is 0 Å². The average Bonchev–Trinajstić information content (AvgIpc) is 2.33. The third-order valence-corrected chi connectivity index (χ3v) is 3.35. The summed E-state index contributed by atoms with van der Waals surface area (Å²) in [5, 5.41) is 4.34. The summed E-state index contributed by atoms with van der Waals surface area (Å²) >= 11 is 1.72. The van der Waals surface area contributed by atoms with E-state index in [1.165, 1.54) is 25.7 Å². The van der Waals surface area contributed by atoms with E-state index in [1.54, 1.807) is 11.8 Å². The third kappa shape index (κ3) is 7.34. The van der Waals surface area contributed by atoms with Crippen molar-refractivity contribution in [1.82, 2.24) is 15.3 Å². The third-order valence-electron chi connectivity index (χ3n) is 2.49. The zero-order valence-corrected chi connectivity index (χ0v) is 11.7. The fourth-order valence-corrected chi connectivity index (χ4v) is 2.28. The first kappa shape index (κ1) is 14.5. The molecule has 0 bridgehead atoms. The molecule has 0 aromatic carbocycles. The van der Waals surface area contributed by atoms with Gasteiger partial charge in [0.25, 0.3) is 0 Å². The number of thioether (sulfide) groups is 1. The summed E-state index contributed by atoms with van der Waals surface area (Å²) in [5.41, 5.74) is 1.04. The van der Waals surface area contributed by atoms with Crippen LogP contribution in [0.25, 0.3) is 0 Å². The summed E-state index contributed by atoms with van der Waals surface area (Å²) in [5.74, 6) is 1.04. The quantitative estimate of drug-likeness (QED) is 0.417. The lowest BCUT2D eigenvalue weighted by atomic mass is 10.2. The Morgan fingerprint density at radius 1 is 1.24 bits per heavy atom. The van der Waals surface area contributed by atoms with Gasteiger partial charge in [0.05, 0.1) is 0 Å². The molecule has 0 saturated heterocycles. The van der Waals surface area contributed by atoms with Crippen LogP contribution in [0.1, 0.15) is 38.3 Å². The van der Waals surface area contributed by atoms with E-state index in [0.717, 1.165) is 29.7 Å². The maximum Gasteiger partial charge on any atom is 0.187 e. The van der Waals surface area contributed by atoms with Crippen LogP contribution in [0.5, 0.6) is 0 Å². The van der Waals surface area contributed by atoms with Crippen LogP contribution in [0.15, 0.2) is 17.4 Å². The topological polar surface area (TPSA) is 37.8 Å². The zero-order valence-electron chi connectivity index (χ0n) is 10.9. The molecular formula is C13H23N3S. The van der Waals surface area contributed by atoms with E-state index in [2.05, 4.69) is 22.2 Å². The first-order valence-corrected chi connectivity index (χ1v) is 7.44. The van der Waals surface area contributed by atoms with Gasteiger partial charge in [0.15, 0.2) is 5.16 Å². The normalized spacial score (nSPS) is 10.7. The highest BCUT2D eigenvalue weighted by Crippen LogP contribution is 2.10. The molecule has 0 spiro atoms. The maximum atomic E-state index is 4.36. The van der Waals surface area contributed by atoms with E-state index in [9.17, 15) is 0 Å². The van der Waals surface area contributed by atoms with Gasteiger partial charge in [0.1, 0.15) is 0 Å². The summed E-state index contributed by atoms with van der Waals surface area (Å²) in [7, 11) is 0. The minimum atomic E-state index is 0.887. The highest BCUT2D eigenvalue weighted by atomic mass is 32.2. The second-order valence-electron chi connectivity index (χ2n) is 4.14. The molecule has 0 aliphatic rings. The molecular weight excluding hydrogens is 230 g/mol. The van der Waals surface area contributed by atoms with Crippen molar-refractivity contribution < 1.29 is 0 Å². The van der Waals surface area contributed by atoms with Crippen LogP contribution in [-0.4, -0.2) is 28.8 Å². The average molecular weight is 253 g/mol. The predicted molar refractivity (Wildman–Crippen MR) is 74.5 cm³/mol. The molecule has 0 aliphatic carbocycles. The fourth-order valence-electron chi connectivity index (χ4n) is 1.51. The lowest BCUT2D eigenvalue weighted by molar-refractivity contribution is 0.612. The van der Waals surface area contributed by atoms with Crippen molar-refractivity contribution in [3.63, 3.8) is 0 Å². The first-order chi connectivity index (χ1) is 8.33. The second kappa shape index (κ2) is 9.42. The van der Waals surface area contributed by atoms with Gasteiger partial charge in [-0.05, 0) is 26.0 Å². The van der Waals surface area contributed by atoms with E-state index in [4.69, 9.17) is 0 Å². The number of hydrogen-bond acceptors (Lipinski definition) is 4. The zero-order chi connectivity index (χ0) is 12.3. The summed E-state index contributed by atoms with van der Waals surface area (Å²) in [6.07, 6.45) is 7.12. The molecule has 0 radical (unpaired) electrons. The molecule has 0 atom stereocenters. The molecule has 0 fully saturated rings. The second-order valence-corrected chi connectivity index (χ2v) is 5.20. The van der Waals surface area contributed by atoms with Crippen molar-refractivity contribution in [2.24, 2.45) is 0 Å². The van der Waals surface area contributed by atoms with Crippen LogP contribution in [-0.2, 0) is 0 Å². The predicted octanol–water partition coefficient (Wildman–Crippen LogP) is 3.05. The molecule has 17 heavy (non-hydrogen) atoms. The number of hydrogen-bond donors (Lipinski definition) is 1. The molecule has 96 valence electrons. The molecule has 3 nitrogen and oxygen atoms in total. The molecule has 0 unspecified atom stereocenters. The van der Waals surface area contributed by atoms with Crippen LogP contribution < -0.4 is 5.32 Å². The largest absolute Gasteiger partial charge is 0.316 e. The minimum absolute atomic E-state index is 0.887. The van der Waals surface area contributed by atoms with Crippen molar-refractivity contribution in [2.75, 3.05) is 18.8 Å². The van der Waals surface area contributed by atoms with Gasteiger partial charge in [-0.15, -0.1) is 0 Å². The van der Waals surface area contributed by atoms with E-state index < -0.39 is 0 Å². The smallest absolute Gasteiger partial charge is 0.187 e. The molecule has 1 N–H and O–H groups in total. The Kier molecular flexibility index (Phi) is 8.01. The van der Waals surface area contributed by atoms with Crippen LogP contribution in [0.4, 0.5) is 0 Å². The lowest BCUT2D eigenvalue weighted by Crippen LogP contribution is -2.18. The summed E-state index contributed by atoms with van der Waals surface area (Å²) in [6, 6.07) is 1.93. The Labute approximate surface area is 109 Å². The summed E-state index contributed by atoms with van der Waals surface area (Å²) in [4.78, 5) is 8.58. The minimum Gasteiger partial charge on any atom is -0.316 e. The Morgan fingerprint density at radius 2 is 2.12 bits per heavy atom. The van der Waals surface area contributed by atoms with Crippen LogP contribution in [0.3, 0.4) is 0 Å². The van der Waals surface area contributed by atoms with Crippen LogP contribution in [0, 0.1) is 6.92 Å². The van der Waals surface area contributed by atoms with Gasteiger partial charge in [-0.2, -0.15) is 0 Å². The number of aryl methyl sites for hydroxylation is 1. The number of unbranched alkanes of at least 4 members (excludes halogenated alkanes) is 3. The van der Waals surface area contributed by atoms with Gasteiger partial charge < -0.3 is 5.32 Å². The molecule has 4 heteroatoms. The number of nitrogens with one attached hydrogen (secondary N) is 1. The fraction of sp³-hybridized carbons (Fsp3) is 0.692. The van der Waals surface area contributed by atoms with Gasteiger partial charge >= 0.3 is 0 Å². The van der Waals surface area contributed by atoms with Crippen molar-refractivity contribution in [1.29, 1.82) is 0 Å². The monoisotopic (exact) mass is 253 g/mol. The molecule has 0 aliphatic heterocycles. The Hall–Kier alpha value is -0.610. The van der Waals surface area contributed by atoms with Crippen LogP contribution >= 0.6 is 11.8 Å². The van der Waals surface area contributed by atoms with Crippen LogP contribution in [0.2, 0.25) is 0 Å². The van der Waals surface area contributed by atoms with Crippen molar-refractivity contribution in [3.05, 3.63) is 18.0 Å². The van der Waals surface area contributed by atoms with Gasteiger partial charge in [0, 0.05) is 24.2 Å². The standard InChI is InChI=1S/C13H23N3S/c1-3-4-5-6-8-14-10-11-17-13-15-9-7-12(2)16-13/h7,9,14H,3-6,8,10-11H2,1-2H3. The Bertz CT molecular complexity index is 304. The summed E-state index contributed by atoms with van der Waals surface area (Å²) in [6.45, 7) is 6.41. The van der Waals surface area contributed by atoms with Gasteiger partial charge in [-0.3, -0.25) is 0 Å². The maximum absolute atomic E-state index is 4.36. The Balaban J connectivity index is 1.97. The summed E-state index contributed by atoms with van der Waals surface area (Å²) < 4.78 is 0.